The molecule has 0 bridgehead atoms. The van der Waals surface area contributed by atoms with E-state index < -0.39 is 6.10 Å². The minimum absolute atomic E-state index is 0.0135. The van der Waals surface area contributed by atoms with Crippen LogP contribution in [0.4, 0.5) is 10.5 Å². The van der Waals surface area contributed by atoms with Crippen molar-refractivity contribution in [2.75, 3.05) is 18.5 Å². The highest BCUT2D eigenvalue weighted by molar-refractivity contribution is 5.89. The Labute approximate surface area is 217 Å². The molecule has 3 aliphatic heterocycles. The Hall–Kier alpha value is -3.10. The molecule has 196 valence electrons. The van der Waals surface area contributed by atoms with Gasteiger partial charge < -0.3 is 30.1 Å². The molecule has 3 heterocycles. The number of amides is 3. The van der Waals surface area contributed by atoms with Gasteiger partial charge in [0.1, 0.15) is 18.0 Å². The first-order valence-corrected chi connectivity index (χ1v) is 13.6. The largest absolute Gasteiger partial charge is 0.487 e. The monoisotopic (exact) mass is 505 g/mol. The summed E-state index contributed by atoms with van der Waals surface area (Å²) in [6, 6.07) is 14.0. The number of rotatable bonds is 5. The first-order chi connectivity index (χ1) is 18.1. The molecule has 0 unspecified atom stereocenters. The summed E-state index contributed by atoms with van der Waals surface area (Å²) in [5, 5.41) is 16.1. The molecule has 2 aromatic carbocycles. The van der Waals surface area contributed by atoms with Crippen molar-refractivity contribution >= 4 is 17.6 Å². The van der Waals surface area contributed by atoms with E-state index in [0.717, 1.165) is 43.4 Å². The van der Waals surface area contributed by atoms with Gasteiger partial charge in [-0.1, -0.05) is 37.1 Å². The minimum Gasteiger partial charge on any atom is -0.487 e. The standard InChI is InChI=1S/C29H35N3O5/c33-17-26-28-24(14-22(36-26)15-27(34)32-12-11-18-5-1-2-6-19(18)16-32)23-13-21(9-10-25(23)37-28)31-29(35)30-20-7-3-4-8-20/h1-2,5-6,9-10,13,20,22,24,26,28,33H,3-4,7-8,11-12,14-17H2,(H2,30,31,35)/t22-,24+,26+,28-/m1/s1. The fourth-order valence-electron chi connectivity index (χ4n) is 6.42. The molecule has 4 aliphatic rings. The van der Waals surface area contributed by atoms with Crippen LogP contribution in [0.15, 0.2) is 42.5 Å². The molecular formula is C29H35N3O5. The molecule has 0 radical (unpaired) electrons. The minimum atomic E-state index is -0.506. The van der Waals surface area contributed by atoms with Gasteiger partial charge in [-0.15, -0.1) is 0 Å². The SMILES string of the molecule is O=C(Nc1ccc2c(c1)[C@@H]1C[C@H](CC(=O)N3CCc4ccccc4C3)O[C@@H](CO)[C@@H]1O2)NC1CCCC1. The molecule has 3 amide bonds. The summed E-state index contributed by atoms with van der Waals surface area (Å²) < 4.78 is 12.4. The zero-order valence-corrected chi connectivity index (χ0v) is 21.0. The highest BCUT2D eigenvalue weighted by Gasteiger charge is 2.46. The topological polar surface area (TPSA) is 100 Å². The van der Waals surface area contributed by atoms with Crippen LogP contribution in [0.5, 0.6) is 5.75 Å². The van der Waals surface area contributed by atoms with Gasteiger partial charge in [0.25, 0.3) is 0 Å². The molecule has 4 atom stereocenters. The molecule has 2 aromatic rings. The Kier molecular flexibility index (Phi) is 6.78. The lowest BCUT2D eigenvalue weighted by molar-refractivity contribution is -0.149. The quantitative estimate of drug-likeness (QED) is 0.575. The third kappa shape index (κ3) is 5.05. The summed E-state index contributed by atoms with van der Waals surface area (Å²) in [7, 11) is 0. The van der Waals surface area contributed by atoms with E-state index in [9.17, 15) is 14.7 Å². The molecule has 0 aromatic heterocycles. The van der Waals surface area contributed by atoms with Crippen molar-refractivity contribution < 1.29 is 24.2 Å². The number of fused-ring (bicyclic) bond motifs is 4. The van der Waals surface area contributed by atoms with Crippen molar-refractivity contribution in [2.24, 2.45) is 0 Å². The van der Waals surface area contributed by atoms with Crippen LogP contribution < -0.4 is 15.4 Å². The third-order valence-electron chi connectivity index (χ3n) is 8.33. The normalized spacial score (nSPS) is 26.6. The number of hydrogen-bond donors (Lipinski definition) is 3. The van der Waals surface area contributed by atoms with E-state index in [1.165, 1.54) is 11.1 Å². The first-order valence-electron chi connectivity index (χ1n) is 13.6. The van der Waals surface area contributed by atoms with Crippen LogP contribution >= 0.6 is 0 Å². The van der Waals surface area contributed by atoms with Gasteiger partial charge in [-0.2, -0.15) is 0 Å². The summed E-state index contributed by atoms with van der Waals surface area (Å²) in [5.74, 6) is 0.812. The van der Waals surface area contributed by atoms with Gasteiger partial charge in [-0.3, -0.25) is 4.79 Å². The van der Waals surface area contributed by atoms with Crippen LogP contribution in [0.3, 0.4) is 0 Å². The van der Waals surface area contributed by atoms with Gasteiger partial charge in [-0.05, 0) is 55.0 Å². The van der Waals surface area contributed by atoms with Crippen LogP contribution in [-0.4, -0.2) is 59.5 Å². The molecule has 1 saturated carbocycles. The van der Waals surface area contributed by atoms with Crippen molar-refractivity contribution in [3.63, 3.8) is 0 Å². The zero-order chi connectivity index (χ0) is 25.4. The number of nitrogens with zero attached hydrogens (tertiary/aromatic N) is 1. The van der Waals surface area contributed by atoms with Gasteiger partial charge in [0.2, 0.25) is 5.91 Å². The van der Waals surface area contributed by atoms with E-state index >= 15 is 0 Å². The van der Waals surface area contributed by atoms with E-state index in [1.54, 1.807) is 0 Å². The molecule has 0 spiro atoms. The van der Waals surface area contributed by atoms with E-state index in [1.807, 2.05) is 35.2 Å². The Bertz CT molecular complexity index is 1160. The molecule has 6 rings (SSSR count). The lowest BCUT2D eigenvalue weighted by atomic mass is 9.84. The molecule has 1 aliphatic carbocycles. The average Bonchev–Trinajstić information content (AvgIpc) is 3.55. The Morgan fingerprint density at radius 3 is 2.70 bits per heavy atom. The number of hydrogen-bond acceptors (Lipinski definition) is 5. The third-order valence-corrected chi connectivity index (χ3v) is 8.33. The maximum atomic E-state index is 13.2. The number of ether oxygens (including phenoxy) is 2. The summed E-state index contributed by atoms with van der Waals surface area (Å²) in [6.45, 7) is 1.16. The van der Waals surface area contributed by atoms with E-state index in [-0.39, 0.29) is 49.1 Å². The second-order valence-corrected chi connectivity index (χ2v) is 10.8. The Morgan fingerprint density at radius 2 is 1.89 bits per heavy atom. The molecule has 1 saturated heterocycles. The van der Waals surface area contributed by atoms with Crippen LogP contribution in [0.25, 0.3) is 0 Å². The predicted octanol–water partition coefficient (Wildman–Crippen LogP) is 3.72. The maximum Gasteiger partial charge on any atom is 0.319 e. The van der Waals surface area contributed by atoms with Gasteiger partial charge in [0.05, 0.1) is 19.1 Å². The first kappa shape index (κ1) is 24.2. The van der Waals surface area contributed by atoms with E-state index in [4.69, 9.17) is 9.47 Å². The lowest BCUT2D eigenvalue weighted by Crippen LogP contribution is -2.48. The molecule has 37 heavy (non-hydrogen) atoms. The highest BCUT2D eigenvalue weighted by Crippen LogP contribution is 2.47. The van der Waals surface area contributed by atoms with Crippen molar-refractivity contribution in [1.82, 2.24) is 10.2 Å². The van der Waals surface area contributed by atoms with Crippen LogP contribution in [0.1, 0.15) is 61.1 Å². The second kappa shape index (κ2) is 10.3. The number of anilines is 1. The van der Waals surface area contributed by atoms with Crippen molar-refractivity contribution in [3.8, 4) is 5.75 Å². The summed E-state index contributed by atoms with van der Waals surface area (Å²) in [5.41, 5.74) is 4.22. The van der Waals surface area contributed by atoms with Crippen molar-refractivity contribution in [3.05, 3.63) is 59.2 Å². The van der Waals surface area contributed by atoms with Crippen LogP contribution in [-0.2, 0) is 22.5 Å². The highest BCUT2D eigenvalue weighted by atomic mass is 16.6. The zero-order valence-electron chi connectivity index (χ0n) is 21.0. The number of aliphatic hydroxyl groups is 1. The number of carbonyl (C=O) groups excluding carboxylic acids is 2. The Morgan fingerprint density at radius 1 is 1.08 bits per heavy atom. The van der Waals surface area contributed by atoms with Gasteiger partial charge >= 0.3 is 6.03 Å². The molecule has 8 heteroatoms. The molecule has 8 nitrogen and oxygen atoms in total. The molecular weight excluding hydrogens is 470 g/mol. The number of nitrogens with one attached hydrogen (secondary N) is 2. The van der Waals surface area contributed by atoms with Gasteiger partial charge in [0, 0.05) is 36.3 Å². The second-order valence-electron chi connectivity index (χ2n) is 10.8. The van der Waals surface area contributed by atoms with Gasteiger partial charge in [0.15, 0.2) is 0 Å². The number of aliphatic hydroxyl groups excluding tert-OH is 1. The van der Waals surface area contributed by atoms with E-state index in [2.05, 4.69) is 22.8 Å². The summed E-state index contributed by atoms with van der Waals surface area (Å²) in [6.07, 6.45) is 5.02. The smallest absolute Gasteiger partial charge is 0.319 e. The summed E-state index contributed by atoms with van der Waals surface area (Å²) in [4.78, 5) is 27.6. The average molecular weight is 506 g/mol. The number of carbonyl (C=O) groups is 2. The molecule has 3 N–H and O–H groups in total. The fraction of sp³-hybridized carbons (Fsp3) is 0.517. The fourth-order valence-corrected chi connectivity index (χ4v) is 6.42. The Balaban J connectivity index is 1.13. The van der Waals surface area contributed by atoms with Crippen LogP contribution in [0, 0.1) is 0 Å². The number of benzene rings is 2. The molecule has 2 fully saturated rings. The number of urea groups is 1. The predicted molar refractivity (Wildman–Crippen MR) is 139 cm³/mol. The maximum absolute atomic E-state index is 13.2. The summed E-state index contributed by atoms with van der Waals surface area (Å²) >= 11 is 0. The van der Waals surface area contributed by atoms with Crippen molar-refractivity contribution in [2.45, 2.75) is 81.8 Å². The lowest BCUT2D eigenvalue weighted by Gasteiger charge is -2.38. The van der Waals surface area contributed by atoms with E-state index in [0.29, 0.717) is 25.2 Å². The van der Waals surface area contributed by atoms with Crippen LogP contribution in [0.2, 0.25) is 0 Å². The van der Waals surface area contributed by atoms with Crippen molar-refractivity contribution in [1.29, 1.82) is 0 Å². The van der Waals surface area contributed by atoms with Gasteiger partial charge in [-0.25, -0.2) is 4.79 Å².